The molecule has 0 heterocycles. The molecule has 0 aromatic heterocycles. The van der Waals surface area contributed by atoms with Gasteiger partial charge in [0.05, 0.1) is 17.0 Å². The summed E-state index contributed by atoms with van der Waals surface area (Å²) in [5.74, 6) is 0.543. The number of hydrogen-bond donors (Lipinski definition) is 2. The molecule has 0 unspecified atom stereocenters. The van der Waals surface area contributed by atoms with Crippen LogP contribution in [-0.4, -0.2) is 15.5 Å². The summed E-state index contributed by atoms with van der Waals surface area (Å²) in [4.78, 5) is 0.0421. The summed E-state index contributed by atoms with van der Waals surface area (Å²) < 4.78 is 46.8. The van der Waals surface area contributed by atoms with Crippen molar-refractivity contribution in [2.45, 2.75) is 18.0 Å². The van der Waals surface area contributed by atoms with Crippen LogP contribution in [0, 0.1) is 5.82 Å². The van der Waals surface area contributed by atoms with Crippen LogP contribution in [-0.2, 0) is 23.2 Å². The van der Waals surface area contributed by atoms with Gasteiger partial charge in [-0.2, -0.15) is 0 Å². The van der Waals surface area contributed by atoms with Crippen LogP contribution in [0.25, 0.3) is 0 Å². The van der Waals surface area contributed by atoms with Crippen LogP contribution >= 0.6 is 11.6 Å². The highest BCUT2D eigenvalue weighted by Gasteiger charge is 2.13. The van der Waals surface area contributed by atoms with E-state index < -0.39 is 10.0 Å². The summed E-state index contributed by atoms with van der Waals surface area (Å²) in [6.45, 7) is 0.632. The zero-order valence-electron chi connectivity index (χ0n) is 16.1. The third kappa shape index (κ3) is 5.63. The van der Waals surface area contributed by atoms with Crippen molar-refractivity contribution in [1.29, 1.82) is 0 Å². The quantitative estimate of drug-likeness (QED) is 0.533. The van der Waals surface area contributed by atoms with Crippen molar-refractivity contribution >= 4 is 27.3 Å². The Kier molecular flexibility index (Phi) is 6.81. The zero-order chi connectivity index (χ0) is 21.7. The van der Waals surface area contributed by atoms with Crippen LogP contribution < -0.4 is 19.9 Å². The Balaban J connectivity index is 1.69. The Morgan fingerprint density at radius 1 is 1.03 bits per heavy atom. The second-order valence-electron chi connectivity index (χ2n) is 6.45. The van der Waals surface area contributed by atoms with Crippen LogP contribution in [0.4, 0.5) is 10.1 Å². The van der Waals surface area contributed by atoms with Gasteiger partial charge in [-0.15, -0.1) is 0 Å². The van der Waals surface area contributed by atoms with Gasteiger partial charge in [0, 0.05) is 12.2 Å². The first kappa shape index (κ1) is 21.9. The summed E-state index contributed by atoms with van der Waals surface area (Å²) in [6.07, 6.45) is 0. The molecule has 3 N–H and O–H groups in total. The number of rotatable bonds is 8. The number of methoxy groups -OCH3 is 1. The summed E-state index contributed by atoms with van der Waals surface area (Å²) in [7, 11) is -2.21. The smallest absolute Gasteiger partial charge is 0.238 e. The number of nitrogens with one attached hydrogen (secondary N) is 1. The lowest BCUT2D eigenvalue weighted by molar-refractivity contribution is 0.284. The molecule has 0 atom stereocenters. The number of sulfonamides is 1. The van der Waals surface area contributed by atoms with E-state index in [0.717, 1.165) is 11.1 Å². The Morgan fingerprint density at radius 3 is 2.30 bits per heavy atom. The third-order valence-corrected chi connectivity index (χ3v) is 5.48. The highest BCUT2D eigenvalue weighted by Crippen LogP contribution is 2.37. The van der Waals surface area contributed by atoms with Crippen molar-refractivity contribution in [2.75, 3.05) is 12.4 Å². The van der Waals surface area contributed by atoms with Crippen LogP contribution in [0.5, 0.6) is 11.5 Å². The van der Waals surface area contributed by atoms with Crippen LogP contribution in [0.15, 0.2) is 65.6 Å². The highest BCUT2D eigenvalue weighted by atomic mass is 35.5. The van der Waals surface area contributed by atoms with Gasteiger partial charge in [0.2, 0.25) is 10.0 Å². The number of ether oxygens (including phenoxy) is 2. The van der Waals surface area contributed by atoms with Crippen molar-refractivity contribution < 1.29 is 22.3 Å². The molecule has 0 spiro atoms. The Labute approximate surface area is 179 Å². The number of halogens is 2. The average Bonchev–Trinajstić information content (AvgIpc) is 2.72. The van der Waals surface area contributed by atoms with Gasteiger partial charge in [0.1, 0.15) is 12.4 Å². The average molecular weight is 451 g/mol. The van der Waals surface area contributed by atoms with E-state index >= 15 is 0 Å². The molecule has 0 saturated heterocycles. The van der Waals surface area contributed by atoms with E-state index in [1.165, 1.54) is 31.4 Å². The molecular formula is C21H20ClFN2O4S. The molecule has 0 radical (unpaired) electrons. The zero-order valence-corrected chi connectivity index (χ0v) is 17.6. The van der Waals surface area contributed by atoms with Crippen molar-refractivity contribution in [3.63, 3.8) is 0 Å². The van der Waals surface area contributed by atoms with Crippen molar-refractivity contribution in [3.05, 3.63) is 82.6 Å². The van der Waals surface area contributed by atoms with Gasteiger partial charge >= 0.3 is 0 Å². The molecule has 0 bridgehead atoms. The molecular weight excluding hydrogens is 431 g/mol. The molecule has 0 saturated carbocycles. The first-order valence-corrected chi connectivity index (χ1v) is 10.8. The number of hydrogen-bond acceptors (Lipinski definition) is 5. The van der Waals surface area contributed by atoms with E-state index in [0.29, 0.717) is 28.8 Å². The second kappa shape index (κ2) is 9.34. The predicted octanol–water partition coefficient (Wildman–Crippen LogP) is 4.33. The van der Waals surface area contributed by atoms with Gasteiger partial charge in [0.25, 0.3) is 0 Å². The molecule has 0 aliphatic rings. The van der Waals surface area contributed by atoms with Crippen LogP contribution in [0.1, 0.15) is 11.1 Å². The highest BCUT2D eigenvalue weighted by molar-refractivity contribution is 7.89. The van der Waals surface area contributed by atoms with E-state index in [9.17, 15) is 12.8 Å². The van der Waals surface area contributed by atoms with E-state index in [1.807, 2.05) is 0 Å². The fourth-order valence-electron chi connectivity index (χ4n) is 2.72. The Morgan fingerprint density at radius 2 is 1.70 bits per heavy atom. The lowest BCUT2D eigenvalue weighted by Gasteiger charge is -2.15. The fourth-order valence-corrected chi connectivity index (χ4v) is 3.52. The summed E-state index contributed by atoms with van der Waals surface area (Å²) >= 11 is 6.38. The van der Waals surface area contributed by atoms with Crippen LogP contribution in [0.3, 0.4) is 0 Å². The first-order valence-electron chi connectivity index (χ1n) is 8.86. The molecule has 0 aliphatic carbocycles. The summed E-state index contributed by atoms with van der Waals surface area (Å²) in [5, 5.41) is 8.65. The van der Waals surface area contributed by atoms with Gasteiger partial charge in [-0.25, -0.2) is 17.9 Å². The van der Waals surface area contributed by atoms with Gasteiger partial charge in [-0.3, -0.25) is 0 Å². The topological polar surface area (TPSA) is 90.6 Å². The van der Waals surface area contributed by atoms with Gasteiger partial charge in [-0.1, -0.05) is 23.7 Å². The fraction of sp³-hybridized carbons (Fsp3) is 0.143. The second-order valence-corrected chi connectivity index (χ2v) is 8.42. The van der Waals surface area contributed by atoms with Crippen LogP contribution in [0.2, 0.25) is 5.02 Å². The molecule has 9 heteroatoms. The van der Waals surface area contributed by atoms with E-state index in [1.54, 1.807) is 36.4 Å². The minimum Gasteiger partial charge on any atom is -0.493 e. The molecule has 3 rings (SSSR count). The van der Waals surface area contributed by atoms with Gasteiger partial charge in [-0.05, 0) is 59.7 Å². The van der Waals surface area contributed by atoms with Crippen molar-refractivity contribution in [2.24, 2.45) is 5.14 Å². The molecule has 3 aromatic carbocycles. The number of benzene rings is 3. The monoisotopic (exact) mass is 450 g/mol. The lowest BCUT2D eigenvalue weighted by Crippen LogP contribution is -2.12. The van der Waals surface area contributed by atoms with E-state index in [4.69, 9.17) is 26.2 Å². The van der Waals surface area contributed by atoms with Crippen molar-refractivity contribution in [3.8, 4) is 11.5 Å². The number of nitrogens with two attached hydrogens (primary N) is 1. The minimum absolute atomic E-state index is 0.0421. The van der Waals surface area contributed by atoms with E-state index in [2.05, 4.69) is 5.32 Å². The maximum Gasteiger partial charge on any atom is 0.238 e. The molecule has 0 aliphatic heterocycles. The molecule has 158 valence electrons. The largest absolute Gasteiger partial charge is 0.493 e. The number of primary sulfonamides is 1. The Hall–Kier alpha value is -2.81. The summed E-state index contributed by atoms with van der Waals surface area (Å²) in [5.41, 5.74) is 2.35. The number of anilines is 1. The maximum atomic E-state index is 13.0. The van der Waals surface area contributed by atoms with Gasteiger partial charge in [0.15, 0.2) is 11.5 Å². The molecule has 30 heavy (non-hydrogen) atoms. The molecule has 3 aromatic rings. The third-order valence-electron chi connectivity index (χ3n) is 4.27. The standard InChI is InChI=1S/C21H20ClFN2O4S/c1-28-20-11-15(12-25-17-6-8-18(9-7-17)30(24,26)27)10-19(22)21(20)29-13-14-2-4-16(23)5-3-14/h2-11,25H,12-13H2,1H3,(H2,24,26,27). The lowest BCUT2D eigenvalue weighted by atomic mass is 10.2. The summed E-state index contributed by atoms with van der Waals surface area (Å²) in [6, 6.07) is 15.6. The first-order chi connectivity index (χ1) is 14.3. The molecule has 0 fully saturated rings. The van der Waals surface area contributed by atoms with Gasteiger partial charge < -0.3 is 14.8 Å². The SMILES string of the molecule is COc1cc(CNc2ccc(S(N)(=O)=O)cc2)cc(Cl)c1OCc1ccc(F)cc1. The predicted molar refractivity (Wildman–Crippen MR) is 114 cm³/mol. The Bertz CT molecular complexity index is 1120. The maximum absolute atomic E-state index is 13.0. The minimum atomic E-state index is -3.73. The normalized spacial score (nSPS) is 11.2. The van der Waals surface area contributed by atoms with E-state index in [-0.39, 0.29) is 17.3 Å². The molecule has 6 nitrogen and oxygen atoms in total. The molecule has 0 amide bonds. The van der Waals surface area contributed by atoms with Crippen molar-refractivity contribution in [1.82, 2.24) is 0 Å².